The molecule has 0 unspecified atom stereocenters. The fourth-order valence-electron chi connectivity index (χ4n) is 5.40. The number of aliphatic imine (C=N–C) groups is 1. The van der Waals surface area contributed by atoms with Crippen LogP contribution in [0.5, 0.6) is 0 Å². The molecule has 7 nitrogen and oxygen atoms in total. The molecule has 7 rings (SSSR count). The van der Waals surface area contributed by atoms with Crippen LogP contribution in [0.1, 0.15) is 11.1 Å². The van der Waals surface area contributed by atoms with E-state index in [9.17, 15) is 9.18 Å². The Bertz CT molecular complexity index is 1810. The number of nitrogens with zero attached hydrogens (tertiary/aromatic N) is 5. The molecule has 1 aromatic heterocycles. The number of anilines is 1. The maximum absolute atomic E-state index is 13.7. The fraction of sp³-hybridized carbons (Fsp3) is 0.147. The van der Waals surface area contributed by atoms with Crippen LogP contribution >= 0.6 is 0 Å². The highest BCUT2D eigenvalue weighted by Gasteiger charge is 2.32. The van der Waals surface area contributed by atoms with E-state index in [1.807, 2.05) is 72.8 Å². The molecule has 0 N–H and O–H groups in total. The van der Waals surface area contributed by atoms with Crippen LogP contribution < -0.4 is 4.90 Å². The summed E-state index contributed by atoms with van der Waals surface area (Å²) in [6.07, 6.45) is 1.69. The van der Waals surface area contributed by atoms with Crippen LogP contribution in [0.3, 0.4) is 0 Å². The molecule has 3 heterocycles. The number of halogens is 1. The lowest BCUT2D eigenvalue weighted by molar-refractivity contribution is -0.113. The van der Waals surface area contributed by atoms with Gasteiger partial charge in [-0.1, -0.05) is 54.6 Å². The zero-order chi connectivity index (χ0) is 28.5. The number of amides is 1. The molecular formula is C34H28FN5O2. The van der Waals surface area contributed by atoms with Gasteiger partial charge in [0.1, 0.15) is 23.2 Å². The summed E-state index contributed by atoms with van der Waals surface area (Å²) in [7, 11) is 0. The van der Waals surface area contributed by atoms with E-state index in [1.54, 1.807) is 23.1 Å². The molecule has 1 saturated heterocycles. The van der Waals surface area contributed by atoms with Crippen molar-refractivity contribution < 1.29 is 13.9 Å². The van der Waals surface area contributed by atoms with E-state index in [0.717, 1.165) is 54.3 Å². The fourth-order valence-corrected chi connectivity index (χ4v) is 5.40. The molecule has 8 heteroatoms. The normalized spacial score (nSPS) is 16.9. The first-order valence-corrected chi connectivity index (χ1v) is 14.0. The lowest BCUT2D eigenvalue weighted by Crippen LogP contribution is -2.37. The van der Waals surface area contributed by atoms with Gasteiger partial charge in [-0.2, -0.15) is 0 Å². The van der Waals surface area contributed by atoms with Crippen molar-refractivity contribution in [1.29, 1.82) is 0 Å². The largest absolute Gasteiger partial charge is 0.379 e. The summed E-state index contributed by atoms with van der Waals surface area (Å²) in [5.41, 5.74) is 5.48. The molecule has 1 amide bonds. The maximum atomic E-state index is 13.7. The van der Waals surface area contributed by atoms with Crippen molar-refractivity contribution in [3.63, 3.8) is 0 Å². The molecule has 4 aromatic carbocycles. The van der Waals surface area contributed by atoms with Gasteiger partial charge in [0.05, 0.1) is 36.6 Å². The first kappa shape index (κ1) is 26.0. The third-order valence-corrected chi connectivity index (χ3v) is 7.55. The Morgan fingerprint density at radius 1 is 0.810 bits per heavy atom. The minimum atomic E-state index is -0.330. The van der Waals surface area contributed by atoms with Gasteiger partial charge in [0.15, 0.2) is 0 Å². The molecule has 0 radical (unpaired) electrons. The average Bonchev–Trinajstić information content (AvgIpc) is 3.56. The predicted octanol–water partition coefficient (Wildman–Crippen LogP) is 5.97. The van der Waals surface area contributed by atoms with Crippen LogP contribution in [-0.2, 0) is 16.2 Å². The number of ether oxygens (including phenoxy) is 1. The summed E-state index contributed by atoms with van der Waals surface area (Å²) < 4.78 is 21.3. The van der Waals surface area contributed by atoms with Crippen molar-refractivity contribution in [3.05, 3.63) is 126 Å². The van der Waals surface area contributed by atoms with E-state index in [4.69, 9.17) is 14.7 Å². The number of imidazole rings is 1. The highest BCUT2D eigenvalue weighted by molar-refractivity contribution is 6.33. The second kappa shape index (κ2) is 11.2. The number of carbonyl (C=O) groups is 1. The summed E-state index contributed by atoms with van der Waals surface area (Å²) in [6, 6.07) is 31.7. The SMILES string of the molecule is O=C1/C(=C\c2ccc(F)cc2)N=C(c2ccccc2)N1c1ccc(-c2nc3ccccc3n2CN2CCOCC2)cc1. The number of hydrogen-bond acceptors (Lipinski definition) is 5. The van der Waals surface area contributed by atoms with Gasteiger partial charge in [0.2, 0.25) is 0 Å². The van der Waals surface area contributed by atoms with Crippen LogP contribution in [0, 0.1) is 5.82 Å². The Morgan fingerprint density at radius 3 is 2.29 bits per heavy atom. The van der Waals surface area contributed by atoms with Crippen molar-refractivity contribution in [2.75, 3.05) is 31.2 Å². The summed E-state index contributed by atoms with van der Waals surface area (Å²) >= 11 is 0. The molecule has 42 heavy (non-hydrogen) atoms. The van der Waals surface area contributed by atoms with E-state index in [-0.39, 0.29) is 17.4 Å². The van der Waals surface area contributed by atoms with Gasteiger partial charge >= 0.3 is 0 Å². The van der Waals surface area contributed by atoms with E-state index >= 15 is 0 Å². The number of para-hydroxylation sites is 2. The molecule has 0 bridgehead atoms. The molecule has 5 aromatic rings. The number of aromatic nitrogens is 2. The number of rotatable bonds is 6. The van der Waals surface area contributed by atoms with E-state index < -0.39 is 0 Å². The van der Waals surface area contributed by atoms with E-state index in [2.05, 4.69) is 15.5 Å². The van der Waals surface area contributed by atoms with Crippen molar-refractivity contribution in [2.24, 2.45) is 4.99 Å². The molecule has 0 aliphatic carbocycles. The quantitative estimate of drug-likeness (QED) is 0.242. The third kappa shape index (κ3) is 5.02. The van der Waals surface area contributed by atoms with Crippen LogP contribution in [0.25, 0.3) is 28.5 Å². The number of benzene rings is 4. The number of hydrogen-bond donors (Lipinski definition) is 0. The number of amidine groups is 1. The van der Waals surface area contributed by atoms with E-state index in [0.29, 0.717) is 23.8 Å². The molecular weight excluding hydrogens is 529 g/mol. The number of morpholine rings is 1. The Kier molecular flexibility index (Phi) is 6.91. The smallest absolute Gasteiger partial charge is 0.282 e. The summed E-state index contributed by atoms with van der Waals surface area (Å²) in [4.78, 5) is 27.5. The van der Waals surface area contributed by atoms with Gasteiger partial charge in [0.25, 0.3) is 5.91 Å². The minimum absolute atomic E-state index is 0.245. The molecule has 1 fully saturated rings. The molecule has 0 spiro atoms. The number of fused-ring (bicyclic) bond motifs is 1. The summed E-state index contributed by atoms with van der Waals surface area (Å²) in [5, 5.41) is 0. The Labute approximate surface area is 242 Å². The van der Waals surface area contributed by atoms with Crippen LogP contribution in [-0.4, -0.2) is 52.5 Å². The van der Waals surface area contributed by atoms with Crippen LogP contribution in [0.2, 0.25) is 0 Å². The zero-order valence-electron chi connectivity index (χ0n) is 22.9. The standard InChI is InChI=1S/C34H28FN5O2/c35-27-14-10-24(11-15-27)22-30-34(41)40(33(37-30)25-6-2-1-3-7-25)28-16-12-26(13-17-28)32-36-29-8-4-5-9-31(29)39(32)23-38-18-20-42-21-19-38/h1-17,22H,18-21,23H2/b30-22+. The maximum Gasteiger partial charge on any atom is 0.282 e. The topological polar surface area (TPSA) is 63.0 Å². The second-order valence-corrected chi connectivity index (χ2v) is 10.3. The highest BCUT2D eigenvalue weighted by Crippen LogP contribution is 2.31. The van der Waals surface area contributed by atoms with Crippen LogP contribution in [0.4, 0.5) is 10.1 Å². The van der Waals surface area contributed by atoms with Crippen molar-refractivity contribution in [1.82, 2.24) is 14.5 Å². The molecule has 2 aliphatic rings. The van der Waals surface area contributed by atoms with Gasteiger partial charge in [-0.05, 0) is 60.2 Å². The van der Waals surface area contributed by atoms with Crippen molar-refractivity contribution >= 4 is 34.5 Å². The average molecular weight is 558 g/mol. The Hall–Kier alpha value is -4.92. The van der Waals surface area contributed by atoms with Crippen LogP contribution in [0.15, 0.2) is 114 Å². The molecule has 0 saturated carbocycles. The van der Waals surface area contributed by atoms with Gasteiger partial charge in [-0.25, -0.2) is 14.4 Å². The number of carbonyl (C=O) groups excluding carboxylic acids is 1. The van der Waals surface area contributed by atoms with E-state index in [1.165, 1.54) is 12.1 Å². The zero-order valence-corrected chi connectivity index (χ0v) is 22.9. The minimum Gasteiger partial charge on any atom is -0.379 e. The third-order valence-electron chi connectivity index (χ3n) is 7.55. The summed E-state index contributed by atoms with van der Waals surface area (Å²) in [5.74, 6) is 0.839. The van der Waals surface area contributed by atoms with Gasteiger partial charge < -0.3 is 9.30 Å². The van der Waals surface area contributed by atoms with Gasteiger partial charge in [-0.15, -0.1) is 0 Å². The van der Waals surface area contributed by atoms with Crippen molar-refractivity contribution in [3.8, 4) is 11.4 Å². The second-order valence-electron chi connectivity index (χ2n) is 10.3. The first-order chi connectivity index (χ1) is 20.6. The first-order valence-electron chi connectivity index (χ1n) is 14.0. The van der Waals surface area contributed by atoms with Gasteiger partial charge in [0, 0.05) is 24.2 Å². The lowest BCUT2D eigenvalue weighted by atomic mass is 10.1. The highest BCUT2D eigenvalue weighted by atomic mass is 19.1. The monoisotopic (exact) mass is 557 g/mol. The molecule has 2 aliphatic heterocycles. The Balaban J connectivity index is 1.25. The lowest BCUT2D eigenvalue weighted by Gasteiger charge is -2.27. The molecule has 0 atom stereocenters. The Morgan fingerprint density at radius 2 is 1.52 bits per heavy atom. The molecule has 208 valence electrons. The van der Waals surface area contributed by atoms with Gasteiger partial charge in [-0.3, -0.25) is 14.6 Å². The predicted molar refractivity (Wildman–Crippen MR) is 162 cm³/mol. The summed E-state index contributed by atoms with van der Waals surface area (Å²) in [6.45, 7) is 3.91. The van der Waals surface area contributed by atoms with Crippen molar-refractivity contribution in [2.45, 2.75) is 6.67 Å².